The average Bonchev–Trinajstić information content (AvgIpc) is 2.62. The number of nitrogens with zero attached hydrogens (tertiary/aromatic N) is 1. The summed E-state index contributed by atoms with van der Waals surface area (Å²) >= 11 is 0. The fraction of sp³-hybridized carbons (Fsp3) is 0.227. The number of hydrogen-bond acceptors (Lipinski definition) is 1. The Bertz CT molecular complexity index is 1050. The largest absolute Gasteiger partial charge is 0.372 e. The van der Waals surface area contributed by atoms with E-state index in [0.717, 1.165) is 29.6 Å². The molecular weight excluding hydrogens is 294 g/mol. The molecule has 0 aliphatic rings. The Labute approximate surface area is 142 Å². The van der Waals surface area contributed by atoms with Crippen molar-refractivity contribution in [2.24, 2.45) is 0 Å². The first kappa shape index (κ1) is 14.9. The Hall–Kier alpha value is -2.61. The van der Waals surface area contributed by atoms with E-state index >= 15 is 0 Å². The van der Waals surface area contributed by atoms with Crippen LogP contribution in [0, 0.1) is 6.92 Å². The van der Waals surface area contributed by atoms with Gasteiger partial charge in [0, 0.05) is 24.8 Å². The van der Waals surface area contributed by atoms with Crippen LogP contribution in [0.4, 0.5) is 5.69 Å². The predicted molar refractivity (Wildman–Crippen MR) is 104 cm³/mol. The lowest BCUT2D eigenvalue weighted by molar-refractivity contribution is 0.660. The Morgan fingerprint density at radius 3 is 2.29 bits per heavy atom. The maximum absolute atomic E-state index is 6.29. The summed E-state index contributed by atoms with van der Waals surface area (Å²) < 4.78 is 6.29. The van der Waals surface area contributed by atoms with Gasteiger partial charge in [-0.15, -0.1) is 0 Å². The third-order valence-electron chi connectivity index (χ3n) is 4.90. The van der Waals surface area contributed by atoms with Crippen molar-refractivity contribution >= 4 is 38.4 Å². The van der Waals surface area contributed by atoms with Crippen molar-refractivity contribution < 1.29 is 4.42 Å². The van der Waals surface area contributed by atoms with Crippen LogP contribution in [0.5, 0.6) is 0 Å². The molecule has 0 fully saturated rings. The lowest BCUT2D eigenvalue weighted by Crippen LogP contribution is -2.21. The van der Waals surface area contributed by atoms with Crippen molar-refractivity contribution in [3.63, 3.8) is 0 Å². The molecule has 0 spiro atoms. The molecule has 0 atom stereocenters. The summed E-state index contributed by atoms with van der Waals surface area (Å²) in [7, 11) is 0. The Morgan fingerprint density at radius 2 is 1.54 bits per heavy atom. The SMILES string of the molecule is CCN(CC)c1ccc2cc3c(cc(C)c4ccccc43)[o+]c2c1. The van der Waals surface area contributed by atoms with Crippen LogP contribution in [0.3, 0.4) is 0 Å². The van der Waals surface area contributed by atoms with Gasteiger partial charge in [-0.05, 0) is 55.3 Å². The number of rotatable bonds is 3. The van der Waals surface area contributed by atoms with Gasteiger partial charge in [0.1, 0.15) is 0 Å². The molecule has 24 heavy (non-hydrogen) atoms. The molecule has 0 amide bonds. The molecule has 2 heteroatoms. The van der Waals surface area contributed by atoms with Crippen molar-refractivity contribution in [3.8, 4) is 0 Å². The summed E-state index contributed by atoms with van der Waals surface area (Å²) in [5.74, 6) is 0. The van der Waals surface area contributed by atoms with Crippen molar-refractivity contribution in [3.05, 3.63) is 60.2 Å². The second kappa shape index (κ2) is 5.79. The van der Waals surface area contributed by atoms with E-state index in [2.05, 4.69) is 80.3 Å². The summed E-state index contributed by atoms with van der Waals surface area (Å²) in [5, 5.41) is 4.87. The van der Waals surface area contributed by atoms with Gasteiger partial charge in [-0.25, -0.2) is 4.42 Å². The van der Waals surface area contributed by atoms with E-state index in [0.29, 0.717) is 0 Å². The molecule has 0 radical (unpaired) electrons. The normalized spacial score (nSPS) is 11.5. The van der Waals surface area contributed by atoms with Crippen LogP contribution in [-0.2, 0) is 0 Å². The number of benzene rings is 3. The molecule has 0 saturated heterocycles. The summed E-state index contributed by atoms with van der Waals surface area (Å²) in [5.41, 5.74) is 4.37. The minimum atomic E-state index is 0.946. The summed E-state index contributed by atoms with van der Waals surface area (Å²) in [6.07, 6.45) is 0. The number of aryl methyl sites for hydroxylation is 1. The van der Waals surface area contributed by atoms with Gasteiger partial charge < -0.3 is 4.90 Å². The molecule has 3 aromatic carbocycles. The molecule has 120 valence electrons. The first-order valence-corrected chi connectivity index (χ1v) is 8.65. The van der Waals surface area contributed by atoms with Crippen molar-refractivity contribution in [1.82, 2.24) is 0 Å². The number of anilines is 1. The zero-order valence-electron chi connectivity index (χ0n) is 14.5. The molecule has 0 unspecified atom stereocenters. The Balaban J connectivity index is 2.02. The maximum Gasteiger partial charge on any atom is 0.362 e. The lowest BCUT2D eigenvalue weighted by Gasteiger charge is -2.20. The third-order valence-corrected chi connectivity index (χ3v) is 4.90. The molecule has 0 N–H and O–H groups in total. The number of fused-ring (bicyclic) bond motifs is 4. The monoisotopic (exact) mass is 316 g/mol. The second-order valence-electron chi connectivity index (χ2n) is 6.29. The van der Waals surface area contributed by atoms with Crippen LogP contribution in [-0.4, -0.2) is 13.1 Å². The predicted octanol–water partition coefficient (Wildman–Crippen LogP) is 6.17. The van der Waals surface area contributed by atoms with Gasteiger partial charge in [-0.3, -0.25) is 0 Å². The Morgan fingerprint density at radius 1 is 0.792 bits per heavy atom. The first-order valence-electron chi connectivity index (χ1n) is 8.65. The molecule has 2 nitrogen and oxygen atoms in total. The van der Waals surface area contributed by atoms with Gasteiger partial charge in [0.05, 0.1) is 16.8 Å². The molecule has 0 saturated carbocycles. The first-order chi connectivity index (χ1) is 11.7. The van der Waals surface area contributed by atoms with E-state index in [4.69, 9.17) is 4.42 Å². The fourth-order valence-corrected chi connectivity index (χ4v) is 3.57. The smallest absolute Gasteiger partial charge is 0.362 e. The third kappa shape index (κ3) is 2.30. The molecule has 4 aromatic rings. The van der Waals surface area contributed by atoms with Gasteiger partial charge in [-0.1, -0.05) is 24.3 Å². The van der Waals surface area contributed by atoms with Crippen molar-refractivity contribution in [1.29, 1.82) is 0 Å². The van der Waals surface area contributed by atoms with Gasteiger partial charge in [-0.2, -0.15) is 0 Å². The second-order valence-corrected chi connectivity index (χ2v) is 6.29. The minimum Gasteiger partial charge on any atom is -0.372 e. The Kier molecular flexibility index (Phi) is 3.61. The van der Waals surface area contributed by atoms with Crippen LogP contribution in [0.25, 0.3) is 32.7 Å². The molecular formula is C22H22NO+. The molecule has 0 bridgehead atoms. The lowest BCUT2D eigenvalue weighted by atomic mass is 10.0. The molecule has 0 aliphatic carbocycles. The van der Waals surface area contributed by atoms with Crippen molar-refractivity contribution in [2.75, 3.05) is 18.0 Å². The summed E-state index contributed by atoms with van der Waals surface area (Å²) in [6, 6.07) is 19.5. The van der Waals surface area contributed by atoms with Crippen LogP contribution >= 0.6 is 0 Å². The molecule has 4 rings (SSSR count). The maximum atomic E-state index is 6.29. The zero-order valence-corrected chi connectivity index (χ0v) is 14.5. The summed E-state index contributed by atoms with van der Waals surface area (Å²) in [4.78, 5) is 2.34. The molecule has 1 aromatic heterocycles. The van der Waals surface area contributed by atoms with E-state index in [-0.39, 0.29) is 0 Å². The van der Waals surface area contributed by atoms with Gasteiger partial charge in [0.15, 0.2) is 0 Å². The minimum absolute atomic E-state index is 0.946. The highest BCUT2D eigenvalue weighted by atomic mass is 16.3. The topological polar surface area (TPSA) is 14.5 Å². The quantitative estimate of drug-likeness (QED) is 0.255. The van der Waals surface area contributed by atoms with E-state index in [1.165, 1.54) is 27.4 Å². The van der Waals surface area contributed by atoms with E-state index < -0.39 is 0 Å². The fourth-order valence-electron chi connectivity index (χ4n) is 3.57. The molecule has 0 aliphatic heterocycles. The average molecular weight is 316 g/mol. The highest BCUT2D eigenvalue weighted by molar-refractivity contribution is 6.09. The van der Waals surface area contributed by atoms with Crippen LogP contribution in [0.15, 0.2) is 59.0 Å². The van der Waals surface area contributed by atoms with Crippen molar-refractivity contribution in [2.45, 2.75) is 20.8 Å². The molecule has 1 heterocycles. The summed E-state index contributed by atoms with van der Waals surface area (Å²) in [6.45, 7) is 8.51. The number of hydrogen-bond donors (Lipinski definition) is 0. The highest BCUT2D eigenvalue weighted by Gasteiger charge is 2.17. The highest BCUT2D eigenvalue weighted by Crippen LogP contribution is 2.33. The van der Waals surface area contributed by atoms with Gasteiger partial charge >= 0.3 is 11.2 Å². The van der Waals surface area contributed by atoms with E-state index in [9.17, 15) is 0 Å². The van der Waals surface area contributed by atoms with Crippen LogP contribution in [0.1, 0.15) is 19.4 Å². The van der Waals surface area contributed by atoms with Gasteiger partial charge in [0.2, 0.25) is 0 Å². The van der Waals surface area contributed by atoms with E-state index in [1.54, 1.807) is 0 Å². The van der Waals surface area contributed by atoms with Crippen LogP contribution in [0.2, 0.25) is 0 Å². The van der Waals surface area contributed by atoms with Crippen LogP contribution < -0.4 is 4.90 Å². The standard InChI is InChI=1S/C22H22NO/c1-4-23(5-2)17-11-10-16-13-20-19-9-7-6-8-18(19)15(3)12-22(20)24-21(16)14-17/h6-14H,4-5H2,1-3H3/q+1. The zero-order chi connectivity index (χ0) is 16.7. The van der Waals surface area contributed by atoms with Gasteiger partial charge in [0.25, 0.3) is 0 Å². The van der Waals surface area contributed by atoms with E-state index in [1.807, 2.05) is 0 Å².